The zero-order chi connectivity index (χ0) is 11.8. The first-order valence-corrected chi connectivity index (χ1v) is 5.19. The van der Waals surface area contributed by atoms with Crippen LogP contribution in [-0.4, -0.2) is 17.2 Å². The van der Waals surface area contributed by atoms with E-state index in [0.717, 1.165) is 0 Å². The minimum Gasteiger partial charge on any atom is -0.450 e. The lowest BCUT2D eigenvalue weighted by molar-refractivity contribution is 0.358. The fraction of sp³-hybridized carbons (Fsp3) is 0. The summed E-state index contributed by atoms with van der Waals surface area (Å²) in [4.78, 5) is 0. The molecule has 3 rings (SSSR count). The van der Waals surface area contributed by atoms with Crippen molar-refractivity contribution in [1.29, 1.82) is 0 Å². The zero-order valence-electron chi connectivity index (χ0n) is 8.83. The Labute approximate surface area is 98.2 Å². The van der Waals surface area contributed by atoms with Gasteiger partial charge in [-0.2, -0.15) is 0 Å². The first-order valence-electron chi connectivity index (χ1n) is 5.19. The van der Waals surface area contributed by atoms with Crippen molar-refractivity contribution in [2.45, 2.75) is 0 Å². The Balaban J connectivity index is 2.12. The molecule has 1 heterocycles. The molecule has 0 atom stereocenters. The molecule has 0 amide bonds. The highest BCUT2D eigenvalue weighted by Crippen LogP contribution is 2.43. The Morgan fingerprint density at radius 2 is 1.41 bits per heavy atom. The first kappa shape index (κ1) is 10.2. The van der Waals surface area contributed by atoms with Crippen molar-refractivity contribution in [3.63, 3.8) is 0 Å². The summed E-state index contributed by atoms with van der Waals surface area (Å²) < 4.78 is 11.2. The average Bonchev–Trinajstić information content (AvgIpc) is 2.35. The van der Waals surface area contributed by atoms with Crippen LogP contribution >= 0.6 is 0 Å². The summed E-state index contributed by atoms with van der Waals surface area (Å²) in [5.41, 5.74) is 0.289. The maximum absolute atomic E-state index is 9.25. The van der Waals surface area contributed by atoms with Crippen LogP contribution in [0, 0.1) is 0 Å². The maximum atomic E-state index is 9.25. The molecule has 0 spiro atoms. The van der Waals surface area contributed by atoms with Gasteiger partial charge in [0.2, 0.25) is 0 Å². The highest BCUT2D eigenvalue weighted by Gasteiger charge is 2.25. The van der Waals surface area contributed by atoms with Crippen LogP contribution in [0.3, 0.4) is 0 Å². The molecule has 0 radical (unpaired) electrons. The number of fused-ring (bicyclic) bond motifs is 2. The molecule has 0 saturated carbocycles. The Bertz CT molecular complexity index is 568. The molecule has 0 saturated heterocycles. The lowest BCUT2D eigenvalue weighted by Gasteiger charge is -2.22. The molecule has 2 N–H and O–H groups in total. The van der Waals surface area contributed by atoms with E-state index in [4.69, 9.17) is 9.47 Å². The summed E-state index contributed by atoms with van der Waals surface area (Å²) >= 11 is 0. The van der Waals surface area contributed by atoms with Crippen LogP contribution in [0.2, 0.25) is 0 Å². The Morgan fingerprint density at radius 3 is 2.12 bits per heavy atom. The zero-order valence-corrected chi connectivity index (χ0v) is 8.83. The predicted molar refractivity (Wildman–Crippen MR) is 62.9 cm³/mol. The van der Waals surface area contributed by atoms with Gasteiger partial charge in [-0.3, -0.25) is 0 Å². The second kappa shape index (κ2) is 3.80. The Kier molecular flexibility index (Phi) is 2.28. The lowest BCUT2D eigenvalue weighted by atomic mass is 9.79. The summed E-state index contributed by atoms with van der Waals surface area (Å²) in [6, 6.07) is 12.2. The maximum Gasteiger partial charge on any atom is 0.492 e. The van der Waals surface area contributed by atoms with Crippen molar-refractivity contribution in [2.75, 3.05) is 0 Å². The van der Waals surface area contributed by atoms with Crippen molar-refractivity contribution < 1.29 is 19.5 Å². The molecular weight excluding hydrogens is 219 g/mol. The topological polar surface area (TPSA) is 58.9 Å². The smallest absolute Gasteiger partial charge is 0.450 e. The van der Waals surface area contributed by atoms with Gasteiger partial charge in [0.05, 0.1) is 0 Å². The second-order valence-corrected chi connectivity index (χ2v) is 3.70. The van der Waals surface area contributed by atoms with Gasteiger partial charge >= 0.3 is 7.12 Å². The third-order valence-corrected chi connectivity index (χ3v) is 2.57. The van der Waals surface area contributed by atoms with Gasteiger partial charge in [-0.15, -0.1) is 0 Å². The summed E-state index contributed by atoms with van der Waals surface area (Å²) in [6.45, 7) is 0. The van der Waals surface area contributed by atoms with E-state index in [9.17, 15) is 10.0 Å². The van der Waals surface area contributed by atoms with Gasteiger partial charge < -0.3 is 19.5 Å². The molecule has 0 aliphatic carbocycles. The SMILES string of the molecule is OB(O)c1cccc2c1Oc1ccccc1O2. The first-order chi connectivity index (χ1) is 8.25. The monoisotopic (exact) mass is 228 g/mol. The number of para-hydroxylation sites is 3. The van der Waals surface area contributed by atoms with Crippen LogP contribution in [0.5, 0.6) is 23.0 Å². The molecule has 84 valence electrons. The van der Waals surface area contributed by atoms with Crippen molar-refractivity contribution in [2.24, 2.45) is 0 Å². The minimum absolute atomic E-state index is 0.289. The van der Waals surface area contributed by atoms with E-state index in [1.165, 1.54) is 0 Å². The molecule has 2 aromatic rings. The van der Waals surface area contributed by atoms with E-state index < -0.39 is 7.12 Å². The molecule has 0 fully saturated rings. The fourth-order valence-corrected chi connectivity index (χ4v) is 1.77. The van der Waals surface area contributed by atoms with Crippen molar-refractivity contribution in [1.82, 2.24) is 0 Å². The van der Waals surface area contributed by atoms with E-state index >= 15 is 0 Å². The highest BCUT2D eigenvalue weighted by molar-refractivity contribution is 6.59. The molecule has 2 aromatic carbocycles. The average molecular weight is 228 g/mol. The third kappa shape index (κ3) is 1.65. The largest absolute Gasteiger partial charge is 0.492 e. The number of hydrogen-bond acceptors (Lipinski definition) is 4. The lowest BCUT2D eigenvalue weighted by Crippen LogP contribution is -2.31. The normalized spacial score (nSPS) is 11.9. The van der Waals surface area contributed by atoms with Gasteiger partial charge in [-0.25, -0.2) is 0 Å². The predicted octanol–water partition coefficient (Wildman–Crippen LogP) is 1.26. The number of rotatable bonds is 1. The van der Waals surface area contributed by atoms with Crippen molar-refractivity contribution in [3.05, 3.63) is 42.5 Å². The number of ether oxygens (including phenoxy) is 2. The van der Waals surface area contributed by atoms with E-state index in [1.54, 1.807) is 30.3 Å². The molecule has 4 nitrogen and oxygen atoms in total. The van der Waals surface area contributed by atoms with Gasteiger partial charge in [0.1, 0.15) is 0 Å². The van der Waals surface area contributed by atoms with Crippen LogP contribution in [0.1, 0.15) is 0 Å². The van der Waals surface area contributed by atoms with Gasteiger partial charge in [0.25, 0.3) is 0 Å². The van der Waals surface area contributed by atoms with E-state index in [1.807, 2.05) is 12.1 Å². The van der Waals surface area contributed by atoms with Crippen LogP contribution in [0.4, 0.5) is 0 Å². The molecule has 0 aromatic heterocycles. The Hall–Kier alpha value is -1.98. The van der Waals surface area contributed by atoms with Crippen LogP contribution in [0.25, 0.3) is 0 Å². The van der Waals surface area contributed by atoms with Gasteiger partial charge in [0.15, 0.2) is 23.0 Å². The number of benzene rings is 2. The standard InChI is InChI=1S/C12H9BO4/c14-13(15)8-4-3-7-11-12(8)17-10-6-2-1-5-9(10)16-11/h1-7,14-15H. The molecule has 1 aliphatic rings. The van der Waals surface area contributed by atoms with E-state index in [2.05, 4.69) is 0 Å². The van der Waals surface area contributed by atoms with Crippen molar-refractivity contribution >= 4 is 12.6 Å². The molecule has 17 heavy (non-hydrogen) atoms. The third-order valence-electron chi connectivity index (χ3n) is 2.57. The molecule has 0 bridgehead atoms. The van der Waals surface area contributed by atoms with E-state index in [0.29, 0.717) is 23.0 Å². The Morgan fingerprint density at radius 1 is 0.765 bits per heavy atom. The van der Waals surface area contributed by atoms with Gasteiger partial charge in [-0.1, -0.05) is 24.3 Å². The quantitative estimate of drug-likeness (QED) is 0.615. The summed E-state index contributed by atoms with van der Waals surface area (Å²) in [6.07, 6.45) is 0. The molecule has 5 heteroatoms. The van der Waals surface area contributed by atoms with Crippen LogP contribution < -0.4 is 14.9 Å². The van der Waals surface area contributed by atoms with E-state index in [-0.39, 0.29) is 5.46 Å². The van der Waals surface area contributed by atoms with Crippen LogP contribution in [0.15, 0.2) is 42.5 Å². The second-order valence-electron chi connectivity index (χ2n) is 3.70. The fourth-order valence-electron chi connectivity index (χ4n) is 1.77. The summed E-state index contributed by atoms with van der Waals surface area (Å²) in [7, 11) is -1.58. The molecule has 0 unspecified atom stereocenters. The van der Waals surface area contributed by atoms with Crippen LogP contribution in [-0.2, 0) is 0 Å². The summed E-state index contributed by atoms with van der Waals surface area (Å²) in [5.74, 6) is 2.01. The van der Waals surface area contributed by atoms with Crippen molar-refractivity contribution in [3.8, 4) is 23.0 Å². The molecule has 1 aliphatic heterocycles. The minimum atomic E-state index is -1.58. The van der Waals surface area contributed by atoms with Gasteiger partial charge in [0, 0.05) is 5.46 Å². The highest BCUT2D eigenvalue weighted by atomic mass is 16.6. The number of hydrogen-bond donors (Lipinski definition) is 2. The van der Waals surface area contributed by atoms with Gasteiger partial charge in [-0.05, 0) is 18.2 Å². The summed E-state index contributed by atoms with van der Waals surface area (Å²) in [5, 5.41) is 18.5. The molecular formula is C12H9BO4.